The van der Waals surface area contributed by atoms with Gasteiger partial charge in [0.25, 0.3) is 0 Å². The number of allylic oxidation sites excluding steroid dienone is 2. The van der Waals surface area contributed by atoms with Gasteiger partial charge >= 0.3 is 0 Å². The van der Waals surface area contributed by atoms with Gasteiger partial charge in [-0.3, -0.25) is 9.59 Å². The van der Waals surface area contributed by atoms with Gasteiger partial charge in [0.15, 0.2) is 11.6 Å². The van der Waals surface area contributed by atoms with Crippen LogP contribution in [0.25, 0.3) is 0 Å². The van der Waals surface area contributed by atoms with E-state index in [1.165, 1.54) is 12.1 Å². The van der Waals surface area contributed by atoms with E-state index in [1.807, 2.05) is 0 Å². The molecule has 0 saturated carbocycles. The van der Waals surface area contributed by atoms with Crippen molar-refractivity contribution < 1.29 is 18.0 Å². The average Bonchev–Trinajstić information content (AvgIpc) is 2.62. The number of benzene rings is 2. The van der Waals surface area contributed by atoms with Crippen molar-refractivity contribution in [2.75, 3.05) is 0 Å². The van der Waals surface area contributed by atoms with Crippen LogP contribution in [0, 0.1) is 0 Å². The lowest BCUT2D eigenvalue weighted by atomic mass is 10.1. The molecule has 0 heterocycles. The van der Waals surface area contributed by atoms with E-state index in [0.717, 1.165) is 0 Å². The Morgan fingerprint density at radius 1 is 0.741 bits per heavy atom. The molecule has 140 valence electrons. The maximum absolute atomic E-state index is 13.3. The van der Waals surface area contributed by atoms with Gasteiger partial charge in [0.1, 0.15) is 0 Å². The predicted molar refractivity (Wildman–Crippen MR) is 105 cm³/mol. The third-order valence-electron chi connectivity index (χ3n) is 4.18. The topological polar surface area (TPSA) is 68.3 Å². The fourth-order valence-corrected chi connectivity index (χ4v) is 4.31. The van der Waals surface area contributed by atoms with E-state index in [9.17, 15) is 18.0 Å². The smallest absolute Gasteiger partial charge is 0.207 e. The zero-order valence-electron chi connectivity index (χ0n) is 15.5. The van der Waals surface area contributed by atoms with Crippen molar-refractivity contribution in [3.63, 3.8) is 0 Å². The molecule has 2 aromatic rings. The second-order valence-electron chi connectivity index (χ2n) is 6.48. The number of Topliss-reactive ketones (excluding diaryl/α,β-unsaturated/α-hetero) is 2. The summed E-state index contributed by atoms with van der Waals surface area (Å²) in [6.45, 7) is 10.4. The van der Waals surface area contributed by atoms with Crippen LogP contribution in [0.15, 0.2) is 82.6 Å². The highest BCUT2D eigenvalue weighted by molar-refractivity contribution is 7.91. The van der Waals surface area contributed by atoms with E-state index >= 15 is 0 Å². The van der Waals surface area contributed by atoms with Crippen LogP contribution in [0.2, 0.25) is 0 Å². The Balaban J connectivity index is 2.55. The van der Waals surface area contributed by atoms with Gasteiger partial charge < -0.3 is 0 Å². The van der Waals surface area contributed by atoms with Crippen molar-refractivity contribution in [1.82, 2.24) is 0 Å². The van der Waals surface area contributed by atoms with Crippen LogP contribution < -0.4 is 0 Å². The fourth-order valence-electron chi connectivity index (χ4n) is 2.59. The SMILES string of the molecule is C=C(C)C(=O)Cc1ccccc1S(=O)(=O)c1ccccc1CC(=O)C(=C)C. The van der Waals surface area contributed by atoms with E-state index in [0.29, 0.717) is 22.3 Å². The summed E-state index contributed by atoms with van der Waals surface area (Å²) >= 11 is 0. The second-order valence-corrected chi connectivity index (χ2v) is 8.37. The molecule has 0 aliphatic heterocycles. The number of rotatable bonds is 8. The summed E-state index contributed by atoms with van der Waals surface area (Å²) in [6, 6.07) is 12.8. The molecule has 0 unspecified atom stereocenters. The van der Waals surface area contributed by atoms with Crippen molar-refractivity contribution in [2.24, 2.45) is 0 Å². The number of ketones is 2. The van der Waals surface area contributed by atoms with Crippen molar-refractivity contribution in [3.05, 3.63) is 84.0 Å². The van der Waals surface area contributed by atoms with E-state index in [1.54, 1.807) is 50.2 Å². The summed E-state index contributed by atoms with van der Waals surface area (Å²) in [6.07, 6.45) is -0.0881. The van der Waals surface area contributed by atoms with Gasteiger partial charge in [-0.05, 0) is 48.3 Å². The van der Waals surface area contributed by atoms with Crippen LogP contribution >= 0.6 is 0 Å². The van der Waals surface area contributed by atoms with Gasteiger partial charge in [-0.2, -0.15) is 0 Å². The summed E-state index contributed by atoms with van der Waals surface area (Å²) < 4.78 is 26.6. The Morgan fingerprint density at radius 3 is 1.41 bits per heavy atom. The Morgan fingerprint density at radius 2 is 1.07 bits per heavy atom. The Bertz CT molecular complexity index is 952. The lowest BCUT2D eigenvalue weighted by molar-refractivity contribution is -0.115. The Kier molecular flexibility index (Phi) is 6.28. The standard InChI is InChI=1S/C22H22O4S/c1-15(2)19(23)13-17-9-5-7-11-21(17)27(25,26)22-12-8-6-10-18(22)14-20(24)16(3)4/h5-12H,1,3,13-14H2,2,4H3. The van der Waals surface area contributed by atoms with Gasteiger partial charge in [-0.15, -0.1) is 0 Å². The zero-order chi connectivity index (χ0) is 20.2. The van der Waals surface area contributed by atoms with Crippen LogP contribution in [0.5, 0.6) is 0 Å². The molecule has 2 rings (SSSR count). The van der Waals surface area contributed by atoms with Gasteiger partial charge in [0.05, 0.1) is 9.79 Å². The molecule has 0 aromatic heterocycles. The minimum Gasteiger partial charge on any atom is -0.294 e. The molecule has 0 aliphatic rings. The van der Waals surface area contributed by atoms with Crippen LogP contribution in [-0.4, -0.2) is 20.0 Å². The molecule has 0 amide bonds. The molecule has 0 saturated heterocycles. The zero-order valence-corrected chi connectivity index (χ0v) is 16.3. The van der Waals surface area contributed by atoms with Crippen molar-refractivity contribution >= 4 is 21.4 Å². The number of sulfone groups is 1. The quantitative estimate of drug-likeness (QED) is 0.650. The minimum absolute atomic E-state index is 0.0440. The molecule has 0 radical (unpaired) electrons. The van der Waals surface area contributed by atoms with E-state index < -0.39 is 9.84 Å². The summed E-state index contributed by atoms with van der Waals surface area (Å²) in [5, 5.41) is 0. The lowest BCUT2D eigenvalue weighted by Crippen LogP contribution is -2.13. The predicted octanol–water partition coefficient (Wildman–Crippen LogP) is 3.89. The highest BCUT2D eigenvalue weighted by atomic mass is 32.2. The highest BCUT2D eigenvalue weighted by Crippen LogP contribution is 2.28. The monoisotopic (exact) mass is 382 g/mol. The third kappa shape index (κ3) is 4.68. The van der Waals surface area contributed by atoms with Crippen molar-refractivity contribution in [2.45, 2.75) is 36.5 Å². The van der Waals surface area contributed by atoms with Crippen LogP contribution in [0.4, 0.5) is 0 Å². The first-order chi connectivity index (χ1) is 12.6. The molecule has 0 aliphatic carbocycles. The number of hydrogen-bond donors (Lipinski definition) is 0. The molecule has 4 nitrogen and oxygen atoms in total. The minimum atomic E-state index is -3.91. The molecule has 0 bridgehead atoms. The van der Waals surface area contributed by atoms with E-state index in [4.69, 9.17) is 0 Å². The Labute approximate surface area is 160 Å². The molecule has 0 N–H and O–H groups in total. The second kappa shape index (κ2) is 8.27. The van der Waals surface area contributed by atoms with E-state index in [2.05, 4.69) is 13.2 Å². The molecule has 0 spiro atoms. The third-order valence-corrected chi connectivity index (χ3v) is 6.13. The number of hydrogen-bond acceptors (Lipinski definition) is 4. The molecular weight excluding hydrogens is 360 g/mol. The van der Waals surface area contributed by atoms with Gasteiger partial charge in [-0.1, -0.05) is 49.6 Å². The fraction of sp³-hybridized carbons (Fsp3) is 0.182. The molecular formula is C22H22O4S. The summed E-state index contributed by atoms with van der Waals surface area (Å²) in [5.41, 5.74) is 1.56. The summed E-state index contributed by atoms with van der Waals surface area (Å²) in [7, 11) is -3.91. The highest BCUT2D eigenvalue weighted by Gasteiger charge is 2.25. The molecule has 2 aromatic carbocycles. The summed E-state index contributed by atoms with van der Waals surface area (Å²) in [4.78, 5) is 24.3. The molecule has 0 fully saturated rings. The van der Waals surface area contributed by atoms with Crippen LogP contribution in [0.3, 0.4) is 0 Å². The first-order valence-corrected chi connectivity index (χ1v) is 9.91. The largest absolute Gasteiger partial charge is 0.294 e. The first kappa shape index (κ1) is 20.5. The van der Waals surface area contributed by atoms with Gasteiger partial charge in [-0.25, -0.2) is 8.42 Å². The maximum Gasteiger partial charge on any atom is 0.207 e. The van der Waals surface area contributed by atoms with Crippen molar-refractivity contribution in [3.8, 4) is 0 Å². The normalized spacial score (nSPS) is 11.0. The Hall–Kier alpha value is -2.79. The molecule has 0 atom stereocenters. The van der Waals surface area contributed by atoms with Crippen molar-refractivity contribution in [1.29, 1.82) is 0 Å². The lowest BCUT2D eigenvalue weighted by Gasteiger charge is -2.13. The molecule has 27 heavy (non-hydrogen) atoms. The van der Waals surface area contributed by atoms with Crippen LogP contribution in [0.1, 0.15) is 25.0 Å². The van der Waals surface area contributed by atoms with Gasteiger partial charge in [0, 0.05) is 12.8 Å². The average molecular weight is 382 g/mol. The van der Waals surface area contributed by atoms with Gasteiger partial charge in [0.2, 0.25) is 9.84 Å². The summed E-state index contributed by atoms with van der Waals surface area (Å²) in [5.74, 6) is -0.438. The first-order valence-electron chi connectivity index (χ1n) is 8.43. The van der Waals surface area contributed by atoms with E-state index in [-0.39, 0.29) is 34.2 Å². The number of carbonyl (C=O) groups is 2. The number of carbonyl (C=O) groups excluding carboxylic acids is 2. The van der Waals surface area contributed by atoms with Crippen LogP contribution in [-0.2, 0) is 32.3 Å². The molecule has 5 heteroatoms. The maximum atomic E-state index is 13.3.